The maximum Gasteiger partial charge on any atom is 0.338 e. The van der Waals surface area contributed by atoms with Gasteiger partial charge < -0.3 is 14.2 Å². The predicted octanol–water partition coefficient (Wildman–Crippen LogP) is 2.96. The maximum atomic E-state index is 12.3. The van der Waals surface area contributed by atoms with Crippen molar-refractivity contribution >= 4 is 17.4 Å². The number of nitrogens with zero attached hydrogens (tertiary/aromatic N) is 1. The number of rotatable bonds is 7. The number of Topliss-reactive ketones (excluding diaryl/α,β-unsaturated/α-hetero) is 1. The molecule has 0 N–H and O–H groups in total. The van der Waals surface area contributed by atoms with E-state index in [2.05, 4.69) is 0 Å². The van der Waals surface area contributed by atoms with Gasteiger partial charge in [0.1, 0.15) is 11.5 Å². The fourth-order valence-electron chi connectivity index (χ4n) is 2.26. The Morgan fingerprint density at radius 2 is 1.81 bits per heavy atom. The van der Waals surface area contributed by atoms with E-state index in [1.54, 1.807) is 19.1 Å². The van der Waals surface area contributed by atoms with Gasteiger partial charge in [0.2, 0.25) is 5.78 Å². The topological polar surface area (TPSA) is 105 Å². The van der Waals surface area contributed by atoms with Crippen LogP contribution in [0.4, 0.5) is 5.69 Å². The van der Waals surface area contributed by atoms with E-state index < -0.39 is 23.3 Å². The number of ketones is 1. The highest BCUT2D eigenvalue weighted by atomic mass is 16.6. The van der Waals surface area contributed by atoms with Crippen LogP contribution in [0.15, 0.2) is 36.4 Å². The van der Waals surface area contributed by atoms with Crippen molar-refractivity contribution in [3.63, 3.8) is 0 Å². The number of hydrogen-bond donors (Lipinski definition) is 0. The van der Waals surface area contributed by atoms with Crippen LogP contribution in [0.3, 0.4) is 0 Å². The zero-order valence-corrected chi connectivity index (χ0v) is 14.5. The Morgan fingerprint density at radius 3 is 2.42 bits per heavy atom. The molecule has 0 saturated heterocycles. The van der Waals surface area contributed by atoms with Gasteiger partial charge in [0.25, 0.3) is 5.69 Å². The molecule has 136 valence electrons. The number of carbonyl (C=O) groups is 2. The Balaban J connectivity index is 2.14. The number of esters is 1. The first-order chi connectivity index (χ1) is 12.4. The minimum Gasteiger partial charge on any atom is -0.497 e. The summed E-state index contributed by atoms with van der Waals surface area (Å²) in [7, 11) is 2.87. The Labute approximate surface area is 149 Å². The van der Waals surface area contributed by atoms with Crippen LogP contribution in [0.25, 0.3) is 0 Å². The third kappa shape index (κ3) is 4.15. The minimum absolute atomic E-state index is 0.00675. The van der Waals surface area contributed by atoms with Gasteiger partial charge in [-0.1, -0.05) is 6.07 Å². The lowest BCUT2D eigenvalue weighted by atomic mass is 10.1. The van der Waals surface area contributed by atoms with Crippen LogP contribution in [0, 0.1) is 17.0 Å². The molecule has 2 rings (SSSR count). The summed E-state index contributed by atoms with van der Waals surface area (Å²) in [5.41, 5.74) is 0.422. The SMILES string of the molecule is COc1ccc(OC)c(C(=O)COC(=O)c2ccc(C)c([N+](=O)[O-])c2)c1. The summed E-state index contributed by atoms with van der Waals surface area (Å²) < 4.78 is 15.2. The fraction of sp³-hybridized carbons (Fsp3) is 0.222. The van der Waals surface area contributed by atoms with Crippen molar-refractivity contribution < 1.29 is 28.7 Å². The molecule has 0 spiro atoms. The van der Waals surface area contributed by atoms with Crippen LogP contribution in [-0.4, -0.2) is 37.5 Å². The molecule has 0 aliphatic carbocycles. The lowest BCUT2D eigenvalue weighted by Crippen LogP contribution is -2.15. The molecule has 0 amide bonds. The monoisotopic (exact) mass is 359 g/mol. The van der Waals surface area contributed by atoms with Crippen molar-refractivity contribution in [1.82, 2.24) is 0 Å². The zero-order chi connectivity index (χ0) is 19.3. The Hall–Kier alpha value is -3.42. The van der Waals surface area contributed by atoms with Gasteiger partial charge >= 0.3 is 5.97 Å². The van der Waals surface area contributed by atoms with Gasteiger partial charge in [0.15, 0.2) is 6.61 Å². The first kappa shape index (κ1) is 18.9. The molecular weight excluding hydrogens is 342 g/mol. The summed E-state index contributed by atoms with van der Waals surface area (Å²) in [6, 6.07) is 8.65. The molecule has 8 nitrogen and oxygen atoms in total. The molecule has 0 bridgehead atoms. The summed E-state index contributed by atoms with van der Waals surface area (Å²) >= 11 is 0. The second-order valence-corrected chi connectivity index (χ2v) is 5.32. The van der Waals surface area contributed by atoms with Gasteiger partial charge in [0, 0.05) is 11.6 Å². The largest absolute Gasteiger partial charge is 0.497 e. The molecule has 0 fully saturated rings. The van der Waals surface area contributed by atoms with E-state index >= 15 is 0 Å². The average molecular weight is 359 g/mol. The van der Waals surface area contributed by atoms with Crippen molar-refractivity contribution in [3.8, 4) is 11.5 Å². The highest BCUT2D eigenvalue weighted by molar-refractivity contribution is 6.01. The normalized spacial score (nSPS) is 10.1. The number of nitro benzene ring substituents is 1. The van der Waals surface area contributed by atoms with Crippen LogP contribution >= 0.6 is 0 Å². The molecule has 0 atom stereocenters. The minimum atomic E-state index is -0.830. The number of nitro groups is 1. The fourth-order valence-corrected chi connectivity index (χ4v) is 2.26. The lowest BCUT2D eigenvalue weighted by molar-refractivity contribution is -0.385. The zero-order valence-electron chi connectivity index (χ0n) is 14.5. The summed E-state index contributed by atoms with van der Waals surface area (Å²) in [6.07, 6.45) is 0. The highest BCUT2D eigenvalue weighted by Gasteiger charge is 2.19. The molecule has 0 radical (unpaired) electrons. The van der Waals surface area contributed by atoms with Crippen LogP contribution in [0.5, 0.6) is 11.5 Å². The molecule has 2 aromatic carbocycles. The first-order valence-electron chi connectivity index (χ1n) is 7.54. The predicted molar refractivity (Wildman–Crippen MR) is 92.0 cm³/mol. The van der Waals surface area contributed by atoms with E-state index in [1.165, 1.54) is 32.4 Å². The van der Waals surface area contributed by atoms with E-state index in [0.717, 1.165) is 6.07 Å². The molecule has 0 unspecified atom stereocenters. The number of aryl methyl sites for hydroxylation is 1. The lowest BCUT2D eigenvalue weighted by Gasteiger charge is -2.10. The van der Waals surface area contributed by atoms with Gasteiger partial charge in [-0.15, -0.1) is 0 Å². The van der Waals surface area contributed by atoms with Gasteiger partial charge in [-0.25, -0.2) is 4.79 Å². The van der Waals surface area contributed by atoms with Crippen molar-refractivity contribution in [2.75, 3.05) is 20.8 Å². The molecule has 0 aliphatic rings. The second kappa shape index (κ2) is 8.11. The molecule has 2 aromatic rings. The van der Waals surface area contributed by atoms with Crippen LogP contribution in [0.2, 0.25) is 0 Å². The van der Waals surface area contributed by atoms with Gasteiger partial charge in [-0.05, 0) is 31.2 Å². The summed E-state index contributed by atoms with van der Waals surface area (Å²) in [5.74, 6) is -0.550. The first-order valence-corrected chi connectivity index (χ1v) is 7.54. The van der Waals surface area contributed by atoms with Gasteiger partial charge in [-0.3, -0.25) is 14.9 Å². The number of methoxy groups -OCH3 is 2. The number of carbonyl (C=O) groups excluding carboxylic acids is 2. The average Bonchev–Trinajstić information content (AvgIpc) is 2.65. The molecule has 0 heterocycles. The summed E-state index contributed by atoms with van der Waals surface area (Å²) in [5, 5.41) is 11.0. The van der Waals surface area contributed by atoms with E-state index in [-0.39, 0.29) is 16.8 Å². The van der Waals surface area contributed by atoms with E-state index in [4.69, 9.17) is 14.2 Å². The van der Waals surface area contributed by atoms with E-state index in [9.17, 15) is 19.7 Å². The number of hydrogen-bond acceptors (Lipinski definition) is 7. The Bertz CT molecular complexity index is 861. The summed E-state index contributed by atoms with van der Waals surface area (Å²) in [4.78, 5) is 34.8. The third-order valence-electron chi connectivity index (χ3n) is 3.68. The van der Waals surface area contributed by atoms with Gasteiger partial charge in [-0.2, -0.15) is 0 Å². The molecule has 0 aromatic heterocycles. The summed E-state index contributed by atoms with van der Waals surface area (Å²) in [6.45, 7) is 1.02. The highest BCUT2D eigenvalue weighted by Crippen LogP contribution is 2.25. The quantitative estimate of drug-likeness (QED) is 0.324. The third-order valence-corrected chi connectivity index (χ3v) is 3.68. The van der Waals surface area contributed by atoms with Crippen LogP contribution in [0.1, 0.15) is 26.3 Å². The molecular formula is C18H17NO7. The van der Waals surface area contributed by atoms with Crippen LogP contribution in [-0.2, 0) is 4.74 Å². The molecule has 26 heavy (non-hydrogen) atoms. The second-order valence-electron chi connectivity index (χ2n) is 5.32. The van der Waals surface area contributed by atoms with Crippen molar-refractivity contribution in [2.24, 2.45) is 0 Å². The maximum absolute atomic E-state index is 12.3. The number of ether oxygens (including phenoxy) is 3. The van der Waals surface area contributed by atoms with Crippen molar-refractivity contribution in [3.05, 3.63) is 63.2 Å². The Kier molecular flexibility index (Phi) is 5.90. The van der Waals surface area contributed by atoms with Crippen molar-refractivity contribution in [2.45, 2.75) is 6.92 Å². The smallest absolute Gasteiger partial charge is 0.338 e. The Morgan fingerprint density at radius 1 is 1.08 bits per heavy atom. The van der Waals surface area contributed by atoms with E-state index in [1.807, 2.05) is 0 Å². The molecule has 0 aliphatic heterocycles. The van der Waals surface area contributed by atoms with Gasteiger partial charge in [0.05, 0.1) is 30.3 Å². The number of benzene rings is 2. The molecule has 8 heteroatoms. The van der Waals surface area contributed by atoms with Crippen LogP contribution < -0.4 is 9.47 Å². The van der Waals surface area contributed by atoms with Crippen molar-refractivity contribution in [1.29, 1.82) is 0 Å². The molecule has 0 saturated carbocycles. The standard InChI is InChI=1S/C18H17NO7/c1-11-4-5-12(8-15(11)19(22)23)18(21)26-10-16(20)14-9-13(24-2)6-7-17(14)25-3/h4-9H,10H2,1-3H3. The van der Waals surface area contributed by atoms with E-state index in [0.29, 0.717) is 17.1 Å².